The van der Waals surface area contributed by atoms with Gasteiger partial charge in [-0.15, -0.1) is 0 Å². The Labute approximate surface area is 205 Å². The van der Waals surface area contributed by atoms with Gasteiger partial charge in [0.05, 0.1) is 11.7 Å². The zero-order chi connectivity index (χ0) is 26.0. The lowest BCUT2D eigenvalue weighted by molar-refractivity contribution is -0.111. The summed E-state index contributed by atoms with van der Waals surface area (Å²) in [6.45, 7) is 12.4. The number of nitrogens with zero attached hydrogens (tertiary/aromatic N) is 3. The fourth-order valence-electron chi connectivity index (χ4n) is 4.00. The number of H-pyrrole nitrogens is 1. The summed E-state index contributed by atoms with van der Waals surface area (Å²) >= 11 is 0. The smallest absolute Gasteiger partial charge is 0.410 e. The molecule has 0 radical (unpaired) electrons. The number of amides is 2. The summed E-state index contributed by atoms with van der Waals surface area (Å²) in [4.78, 5) is 36.8. The molecule has 0 saturated carbocycles. The second-order valence-corrected chi connectivity index (χ2v) is 10.3. The van der Waals surface area contributed by atoms with E-state index < -0.39 is 11.1 Å². The number of allylic oxidation sites excluding steroid dienone is 2. The van der Waals surface area contributed by atoms with Gasteiger partial charge in [0.25, 0.3) is 5.91 Å². The van der Waals surface area contributed by atoms with Crippen LogP contribution in [0.15, 0.2) is 36.5 Å². The SMILES string of the molecule is CC/C(=C/C(=[NH2+])c1ccc(F)cc1)c1ncc(C(=O)N2CCN(C(=O)OC(C)(C)C)CC2(C)C)[nH]1. The monoisotopic (exact) mass is 484 g/mol. The van der Waals surface area contributed by atoms with Gasteiger partial charge in [-0.25, -0.2) is 14.2 Å². The number of aromatic nitrogens is 2. The number of rotatable bonds is 5. The second-order valence-electron chi connectivity index (χ2n) is 10.3. The lowest BCUT2D eigenvalue weighted by Gasteiger charge is -2.46. The van der Waals surface area contributed by atoms with Crippen LogP contribution in [0.1, 0.15) is 69.8 Å². The molecule has 1 aromatic carbocycles. The van der Waals surface area contributed by atoms with Crippen LogP contribution in [-0.2, 0) is 4.74 Å². The molecule has 2 amide bonds. The summed E-state index contributed by atoms with van der Waals surface area (Å²) in [5.74, 6) is 0.0277. The Bertz CT molecular complexity index is 1130. The molecule has 0 atom stereocenters. The largest absolute Gasteiger partial charge is 0.444 e. The number of hydrogen-bond acceptors (Lipinski definition) is 4. The van der Waals surface area contributed by atoms with Crippen LogP contribution in [0.3, 0.4) is 0 Å². The van der Waals surface area contributed by atoms with Crippen molar-refractivity contribution < 1.29 is 24.1 Å². The summed E-state index contributed by atoms with van der Waals surface area (Å²) in [7, 11) is 0. The Hall–Kier alpha value is -3.49. The molecule has 1 saturated heterocycles. The molecule has 0 unspecified atom stereocenters. The Balaban J connectivity index is 1.74. The van der Waals surface area contributed by atoms with Gasteiger partial charge in [0.15, 0.2) is 0 Å². The van der Waals surface area contributed by atoms with Crippen LogP contribution < -0.4 is 5.41 Å². The van der Waals surface area contributed by atoms with Gasteiger partial charge in [-0.1, -0.05) is 6.92 Å². The van der Waals surface area contributed by atoms with Crippen molar-refractivity contribution in [3.8, 4) is 0 Å². The maximum absolute atomic E-state index is 13.4. The van der Waals surface area contributed by atoms with Crippen molar-refractivity contribution in [2.24, 2.45) is 0 Å². The highest BCUT2D eigenvalue weighted by atomic mass is 19.1. The molecular formula is C26H35FN5O3+. The number of nitrogens with one attached hydrogen (secondary N) is 1. The van der Waals surface area contributed by atoms with Gasteiger partial charge in [0.1, 0.15) is 22.9 Å². The number of nitrogens with two attached hydrogens (primary N) is 1. The van der Waals surface area contributed by atoms with Gasteiger partial charge in [-0.05, 0) is 65.3 Å². The van der Waals surface area contributed by atoms with Gasteiger partial charge < -0.3 is 19.5 Å². The van der Waals surface area contributed by atoms with Crippen LogP contribution >= 0.6 is 0 Å². The standard InChI is InChI=1S/C26H34FN5O3/c1-7-17(14-20(28)18-8-10-19(27)11-9-18)22-29-15-21(30-22)23(33)32-13-12-31(16-26(32,5)6)24(34)35-25(2,3)4/h8-11,14-15,28H,7,12-13,16H2,1-6H3,(H,29,30)/p+1/b17-14-,28-20?. The van der Waals surface area contributed by atoms with Gasteiger partial charge in [-0.2, -0.15) is 0 Å². The third-order valence-electron chi connectivity index (χ3n) is 5.80. The fraction of sp³-hybridized carbons (Fsp3) is 0.462. The van der Waals surface area contributed by atoms with E-state index in [2.05, 4.69) is 9.97 Å². The topological polar surface area (TPSA) is 104 Å². The highest BCUT2D eigenvalue weighted by Gasteiger charge is 2.40. The first-order valence-corrected chi connectivity index (χ1v) is 11.7. The van der Waals surface area contributed by atoms with E-state index in [-0.39, 0.29) is 17.8 Å². The Morgan fingerprint density at radius 3 is 2.46 bits per heavy atom. The highest BCUT2D eigenvalue weighted by molar-refractivity contribution is 6.08. The second kappa shape index (κ2) is 10.0. The summed E-state index contributed by atoms with van der Waals surface area (Å²) in [6.07, 6.45) is 3.55. The molecule has 1 aliphatic heterocycles. The number of imidazole rings is 1. The first kappa shape index (κ1) is 26.1. The predicted molar refractivity (Wildman–Crippen MR) is 132 cm³/mol. The molecule has 1 fully saturated rings. The first-order chi connectivity index (χ1) is 16.3. The maximum Gasteiger partial charge on any atom is 0.410 e. The Morgan fingerprint density at radius 1 is 1.23 bits per heavy atom. The number of halogens is 1. The summed E-state index contributed by atoms with van der Waals surface area (Å²) in [6, 6.07) is 5.94. The highest BCUT2D eigenvalue weighted by Crippen LogP contribution is 2.25. The van der Waals surface area contributed by atoms with E-state index in [0.717, 1.165) is 5.57 Å². The molecule has 2 heterocycles. The third-order valence-corrected chi connectivity index (χ3v) is 5.80. The van der Waals surface area contributed by atoms with Crippen LogP contribution in [0, 0.1) is 5.82 Å². The van der Waals surface area contributed by atoms with Crippen molar-refractivity contribution in [3.05, 3.63) is 59.4 Å². The number of piperazine rings is 1. The number of carbonyl (C=O) groups excluding carboxylic acids is 2. The van der Waals surface area contributed by atoms with Crippen molar-refractivity contribution in [3.63, 3.8) is 0 Å². The average molecular weight is 485 g/mol. The van der Waals surface area contributed by atoms with Crippen LogP contribution in [0.4, 0.5) is 9.18 Å². The zero-order valence-electron chi connectivity index (χ0n) is 21.3. The number of ether oxygens (including phenoxy) is 1. The molecule has 1 aliphatic rings. The molecule has 0 bridgehead atoms. The summed E-state index contributed by atoms with van der Waals surface area (Å²) < 4.78 is 18.7. The molecule has 3 rings (SSSR count). The zero-order valence-corrected chi connectivity index (χ0v) is 21.3. The van der Waals surface area contributed by atoms with Gasteiger partial charge >= 0.3 is 6.09 Å². The molecule has 35 heavy (non-hydrogen) atoms. The fourth-order valence-corrected chi connectivity index (χ4v) is 4.00. The maximum atomic E-state index is 13.4. The number of hydrogen-bond donors (Lipinski definition) is 2. The lowest BCUT2D eigenvalue weighted by Crippen LogP contribution is -2.62. The lowest BCUT2D eigenvalue weighted by atomic mass is 9.98. The van der Waals surface area contributed by atoms with Crippen molar-refractivity contribution in [1.82, 2.24) is 19.8 Å². The van der Waals surface area contributed by atoms with Gasteiger partial charge in [0, 0.05) is 36.8 Å². The van der Waals surface area contributed by atoms with E-state index in [9.17, 15) is 14.0 Å². The van der Waals surface area contributed by atoms with Crippen LogP contribution in [-0.4, -0.2) is 68.3 Å². The number of carbonyl (C=O) groups is 2. The van der Waals surface area contributed by atoms with E-state index in [1.54, 1.807) is 28.0 Å². The van der Waals surface area contributed by atoms with E-state index in [4.69, 9.17) is 10.1 Å². The molecule has 0 spiro atoms. The Kier molecular flexibility index (Phi) is 7.47. The van der Waals surface area contributed by atoms with Crippen molar-refractivity contribution in [1.29, 1.82) is 0 Å². The van der Waals surface area contributed by atoms with E-state index in [1.165, 1.54) is 18.3 Å². The van der Waals surface area contributed by atoms with Crippen LogP contribution in [0.25, 0.3) is 5.57 Å². The molecule has 9 heteroatoms. The molecular weight excluding hydrogens is 449 g/mol. The van der Waals surface area contributed by atoms with Gasteiger partial charge in [0.2, 0.25) is 5.71 Å². The minimum absolute atomic E-state index is 0.191. The van der Waals surface area contributed by atoms with Crippen LogP contribution in [0.5, 0.6) is 0 Å². The molecule has 8 nitrogen and oxygen atoms in total. The van der Waals surface area contributed by atoms with E-state index in [1.807, 2.05) is 41.5 Å². The molecule has 1 aromatic heterocycles. The van der Waals surface area contributed by atoms with E-state index in [0.29, 0.717) is 48.8 Å². The van der Waals surface area contributed by atoms with Crippen molar-refractivity contribution >= 4 is 23.3 Å². The van der Waals surface area contributed by atoms with E-state index >= 15 is 0 Å². The normalized spacial score (nSPS) is 16.3. The van der Waals surface area contributed by atoms with Crippen LogP contribution in [0.2, 0.25) is 0 Å². The average Bonchev–Trinajstić information content (AvgIpc) is 3.25. The van der Waals surface area contributed by atoms with Crippen molar-refractivity contribution in [2.45, 2.75) is 59.1 Å². The number of benzene rings is 1. The minimum Gasteiger partial charge on any atom is -0.444 e. The minimum atomic E-state index is -0.596. The molecule has 2 aromatic rings. The van der Waals surface area contributed by atoms with Gasteiger partial charge in [-0.3, -0.25) is 10.2 Å². The summed E-state index contributed by atoms with van der Waals surface area (Å²) in [5, 5.41) is 6.21. The Morgan fingerprint density at radius 2 is 1.89 bits per heavy atom. The van der Waals surface area contributed by atoms with Crippen molar-refractivity contribution in [2.75, 3.05) is 19.6 Å². The molecule has 188 valence electrons. The first-order valence-electron chi connectivity index (χ1n) is 11.7. The molecule has 0 aliphatic carbocycles. The molecule has 3 N–H and O–H groups in total. The summed E-state index contributed by atoms with van der Waals surface area (Å²) in [5.41, 5.74) is 1.18. The number of aromatic amines is 1. The quantitative estimate of drug-likeness (QED) is 0.637. The predicted octanol–water partition coefficient (Wildman–Crippen LogP) is 3.06. The third kappa shape index (κ3) is 6.35.